The van der Waals surface area contributed by atoms with Crippen molar-refractivity contribution in [3.05, 3.63) is 0 Å². The van der Waals surface area contributed by atoms with E-state index in [-0.39, 0.29) is 5.41 Å². The van der Waals surface area contributed by atoms with Crippen LogP contribution in [0.2, 0.25) is 6.04 Å². The van der Waals surface area contributed by atoms with Gasteiger partial charge in [-0.2, -0.15) is 0 Å². The van der Waals surface area contributed by atoms with Gasteiger partial charge in [0.05, 0.1) is 16.3 Å². The van der Waals surface area contributed by atoms with E-state index in [1.165, 1.54) is 0 Å². The number of nitrogens with zero attached hydrogens (tertiary/aromatic N) is 1. The zero-order valence-corrected chi connectivity index (χ0v) is 12.8. The lowest BCUT2D eigenvalue weighted by Gasteiger charge is -2.29. The summed E-state index contributed by atoms with van der Waals surface area (Å²) in [5, 5.41) is 0. The quantitative estimate of drug-likeness (QED) is 0.326. The molecule has 0 aromatic rings. The summed E-state index contributed by atoms with van der Waals surface area (Å²) in [5.74, 6) is 0. The Labute approximate surface area is 102 Å². The van der Waals surface area contributed by atoms with Gasteiger partial charge in [0.25, 0.3) is 0 Å². The number of rotatable bonds is 10. The van der Waals surface area contributed by atoms with Crippen molar-refractivity contribution < 1.29 is 14.2 Å². The van der Waals surface area contributed by atoms with E-state index in [0.717, 1.165) is 12.7 Å². The van der Waals surface area contributed by atoms with E-state index >= 15 is 0 Å². The van der Waals surface area contributed by atoms with Crippen LogP contribution in [0.15, 0.2) is 0 Å². The van der Waals surface area contributed by atoms with Crippen LogP contribution in [0.4, 0.5) is 0 Å². The Bertz CT molecular complexity index is 161. The number of hydrogen-bond acceptors (Lipinski definition) is 4. The van der Waals surface area contributed by atoms with Gasteiger partial charge in [-0.25, -0.2) is 0 Å². The lowest BCUT2D eigenvalue weighted by molar-refractivity contribution is -0.163. The molecule has 0 bridgehead atoms. The topological polar surface area (TPSA) is 30.9 Å². The van der Waals surface area contributed by atoms with Crippen LogP contribution in [0.5, 0.6) is 0 Å². The second-order valence-corrected chi connectivity index (χ2v) is 6.71. The van der Waals surface area contributed by atoms with Crippen LogP contribution in [-0.4, -0.2) is 60.5 Å². The second kappa shape index (κ2) is 9.12. The van der Waals surface area contributed by atoms with Crippen molar-refractivity contribution in [1.29, 1.82) is 0 Å². The second-order valence-electron chi connectivity index (χ2n) is 4.22. The molecule has 0 saturated heterocycles. The van der Waals surface area contributed by atoms with Gasteiger partial charge in [0.15, 0.2) is 0 Å². The first kappa shape index (κ1) is 16.1. The fraction of sp³-hybridized carbons (Fsp3) is 1.00. The van der Waals surface area contributed by atoms with Gasteiger partial charge < -0.3 is 14.2 Å². The van der Waals surface area contributed by atoms with Crippen molar-refractivity contribution in [2.45, 2.75) is 32.2 Å². The van der Waals surface area contributed by atoms with Crippen LogP contribution < -0.4 is 0 Å². The SMILES string of the molecule is CCOC(C)(OCC)[SiH2]CCOCN(C)C. The van der Waals surface area contributed by atoms with Crippen LogP contribution in [0.25, 0.3) is 0 Å². The molecular formula is C11H27NO3Si. The molecule has 5 heteroatoms. The van der Waals surface area contributed by atoms with Gasteiger partial charge in [0.1, 0.15) is 5.41 Å². The van der Waals surface area contributed by atoms with Gasteiger partial charge in [-0.3, -0.25) is 4.90 Å². The highest BCUT2D eigenvalue weighted by Crippen LogP contribution is 2.12. The summed E-state index contributed by atoms with van der Waals surface area (Å²) in [6.07, 6.45) is 0. The third-order valence-corrected chi connectivity index (χ3v) is 4.13. The molecule has 0 aliphatic heterocycles. The molecule has 0 spiro atoms. The zero-order valence-electron chi connectivity index (χ0n) is 11.4. The lowest BCUT2D eigenvalue weighted by atomic mass is 10.7. The first-order valence-corrected chi connectivity index (χ1v) is 7.75. The van der Waals surface area contributed by atoms with Gasteiger partial charge >= 0.3 is 0 Å². The molecule has 0 heterocycles. The molecule has 0 fully saturated rings. The highest BCUT2D eigenvalue weighted by molar-refractivity contribution is 6.38. The molecule has 0 amide bonds. The summed E-state index contributed by atoms with van der Waals surface area (Å²) < 4.78 is 16.8. The molecule has 0 aliphatic carbocycles. The van der Waals surface area contributed by atoms with E-state index < -0.39 is 9.52 Å². The maximum absolute atomic E-state index is 5.67. The summed E-state index contributed by atoms with van der Waals surface area (Å²) >= 11 is 0. The number of ether oxygens (including phenoxy) is 3. The molecule has 0 rings (SSSR count). The van der Waals surface area contributed by atoms with Gasteiger partial charge in [-0.15, -0.1) is 0 Å². The molecule has 16 heavy (non-hydrogen) atoms. The third kappa shape index (κ3) is 8.24. The van der Waals surface area contributed by atoms with Crippen LogP contribution in [0, 0.1) is 0 Å². The first-order chi connectivity index (χ1) is 7.54. The third-order valence-electron chi connectivity index (χ3n) is 2.17. The highest BCUT2D eigenvalue weighted by atomic mass is 28.2. The van der Waals surface area contributed by atoms with Crippen LogP contribution >= 0.6 is 0 Å². The maximum Gasteiger partial charge on any atom is 0.142 e. The molecule has 98 valence electrons. The van der Waals surface area contributed by atoms with E-state index in [2.05, 4.69) is 6.92 Å². The Morgan fingerprint density at radius 3 is 2.12 bits per heavy atom. The predicted molar refractivity (Wildman–Crippen MR) is 69.5 cm³/mol. The minimum Gasteiger partial charge on any atom is -0.366 e. The highest BCUT2D eigenvalue weighted by Gasteiger charge is 2.24. The molecule has 0 aliphatic rings. The Hall–Kier alpha value is 0.0569. The van der Waals surface area contributed by atoms with E-state index in [1.807, 2.05) is 32.8 Å². The Morgan fingerprint density at radius 2 is 1.69 bits per heavy atom. The van der Waals surface area contributed by atoms with Crippen molar-refractivity contribution in [1.82, 2.24) is 4.90 Å². The minimum atomic E-state index is -0.426. The molecule has 0 N–H and O–H groups in total. The summed E-state index contributed by atoms with van der Waals surface area (Å²) in [6.45, 7) is 8.99. The molecule has 0 aromatic heterocycles. The fourth-order valence-corrected chi connectivity index (χ4v) is 3.23. The average Bonchev–Trinajstić information content (AvgIpc) is 2.17. The maximum atomic E-state index is 5.67. The molecular weight excluding hydrogens is 222 g/mol. The van der Waals surface area contributed by atoms with Crippen molar-refractivity contribution in [3.63, 3.8) is 0 Å². The molecule has 0 atom stereocenters. The Balaban J connectivity index is 3.67. The van der Waals surface area contributed by atoms with E-state index in [1.54, 1.807) is 0 Å². The monoisotopic (exact) mass is 249 g/mol. The average molecular weight is 249 g/mol. The van der Waals surface area contributed by atoms with E-state index in [0.29, 0.717) is 19.9 Å². The first-order valence-electron chi connectivity index (χ1n) is 6.04. The molecule has 0 saturated carbocycles. The minimum absolute atomic E-state index is 0.315. The summed E-state index contributed by atoms with van der Waals surface area (Å²) in [4.78, 5) is 2.02. The molecule has 0 radical (unpaired) electrons. The molecule has 0 aromatic carbocycles. The predicted octanol–water partition coefficient (Wildman–Crippen LogP) is 0.856. The number of hydrogen-bond donors (Lipinski definition) is 0. The van der Waals surface area contributed by atoms with Crippen molar-refractivity contribution in [2.75, 3.05) is 40.6 Å². The van der Waals surface area contributed by atoms with Crippen LogP contribution in [-0.2, 0) is 14.2 Å². The zero-order chi connectivity index (χ0) is 12.4. The lowest BCUT2D eigenvalue weighted by Crippen LogP contribution is -2.39. The van der Waals surface area contributed by atoms with Crippen LogP contribution in [0.3, 0.4) is 0 Å². The summed E-state index contributed by atoms with van der Waals surface area (Å²) in [6, 6.07) is 1.09. The Morgan fingerprint density at radius 1 is 1.12 bits per heavy atom. The van der Waals surface area contributed by atoms with Crippen molar-refractivity contribution >= 4 is 9.52 Å². The van der Waals surface area contributed by atoms with Gasteiger partial charge in [-0.1, -0.05) is 0 Å². The fourth-order valence-electron chi connectivity index (χ4n) is 1.54. The summed E-state index contributed by atoms with van der Waals surface area (Å²) in [5.41, 5.74) is -0.315. The summed E-state index contributed by atoms with van der Waals surface area (Å²) in [7, 11) is 3.58. The van der Waals surface area contributed by atoms with Crippen molar-refractivity contribution in [3.8, 4) is 0 Å². The van der Waals surface area contributed by atoms with Gasteiger partial charge in [0.2, 0.25) is 0 Å². The van der Waals surface area contributed by atoms with Gasteiger partial charge in [-0.05, 0) is 40.9 Å². The molecule has 0 unspecified atom stereocenters. The van der Waals surface area contributed by atoms with E-state index in [4.69, 9.17) is 14.2 Å². The van der Waals surface area contributed by atoms with Crippen LogP contribution in [0.1, 0.15) is 20.8 Å². The normalized spacial score (nSPS) is 13.1. The Kier molecular flexibility index (Phi) is 9.16. The van der Waals surface area contributed by atoms with Crippen molar-refractivity contribution in [2.24, 2.45) is 0 Å². The smallest absolute Gasteiger partial charge is 0.142 e. The molecule has 4 nitrogen and oxygen atoms in total. The van der Waals surface area contributed by atoms with Gasteiger partial charge in [0, 0.05) is 19.8 Å². The largest absolute Gasteiger partial charge is 0.366 e. The standard InChI is InChI=1S/C11H27NO3Si/c1-6-14-11(3,15-7-2)16-9-8-13-10-12(4)5/h6-10,16H2,1-5H3. The van der Waals surface area contributed by atoms with E-state index in [9.17, 15) is 0 Å².